The smallest absolute Gasteiger partial charge is 0.159 e. The van der Waals surface area contributed by atoms with Gasteiger partial charge in [0.05, 0.1) is 16.9 Å². The Morgan fingerprint density at radius 2 is 1.35 bits per heavy atom. The molecule has 0 aliphatic carbocycles. The Hall–Kier alpha value is -7.11. The maximum atomic E-state index is 8.20. The Kier molecular flexibility index (Phi) is 11.0. The van der Waals surface area contributed by atoms with Crippen molar-refractivity contribution in [2.45, 2.75) is 72.6 Å². The molecule has 6 heteroatoms. The van der Waals surface area contributed by atoms with Gasteiger partial charge in [-0.3, -0.25) is 4.98 Å². The summed E-state index contributed by atoms with van der Waals surface area (Å²) in [4.78, 5) is 9.74. The second-order valence-electron chi connectivity index (χ2n) is 19.4. The summed E-state index contributed by atoms with van der Waals surface area (Å²) in [5.74, 6) is 0.847. The number of nitrogens with zero attached hydrogens (tertiary/aromatic N) is 3. The molecule has 0 atom stereocenters. The minimum atomic E-state index is -2.41. The fraction of sp³-hybridized carbons (Fsp3) is 0.175. The molecule has 8 aromatic carbocycles. The van der Waals surface area contributed by atoms with E-state index in [9.17, 15) is 0 Å². The van der Waals surface area contributed by atoms with Crippen LogP contribution in [0.4, 0.5) is 0 Å². The summed E-state index contributed by atoms with van der Waals surface area (Å²) >= 11 is 0. The normalized spacial score (nSPS) is 12.7. The topological polar surface area (TPSA) is 57.0 Å². The average Bonchev–Trinajstić information content (AvgIpc) is 4.10. The van der Waals surface area contributed by atoms with Crippen molar-refractivity contribution in [2.75, 3.05) is 0 Å². The third-order valence-corrected chi connectivity index (χ3v) is 13.2. The summed E-state index contributed by atoms with van der Waals surface area (Å²) < 4.78 is 40.0. The van der Waals surface area contributed by atoms with E-state index in [0.717, 1.165) is 66.3 Å². The molecule has 12 rings (SSSR count). The zero-order valence-corrected chi connectivity index (χ0v) is 42.1. The molecule has 4 heterocycles. The minimum Gasteiger partial charge on any atom is -0.501 e. The van der Waals surface area contributed by atoms with Crippen LogP contribution in [0.3, 0.4) is 0 Å². The van der Waals surface area contributed by atoms with Gasteiger partial charge in [-0.2, -0.15) is 0 Å². The molecule has 0 saturated carbocycles. The number of fused-ring (bicyclic) bond motifs is 9. The number of benzene rings is 8. The van der Waals surface area contributed by atoms with Crippen LogP contribution in [-0.4, -0.2) is 14.5 Å². The van der Waals surface area contributed by atoms with Gasteiger partial charge >= 0.3 is 0 Å². The summed E-state index contributed by atoms with van der Waals surface area (Å²) in [7, 11) is 0. The van der Waals surface area contributed by atoms with E-state index < -0.39 is 6.85 Å². The van der Waals surface area contributed by atoms with Crippen LogP contribution in [0.15, 0.2) is 173 Å². The zero-order valence-electron chi connectivity index (χ0n) is 42.7. The van der Waals surface area contributed by atoms with E-state index in [2.05, 4.69) is 173 Å². The van der Waals surface area contributed by atoms with Crippen molar-refractivity contribution >= 4 is 65.5 Å². The number of pyridine rings is 1. The number of hydrogen-bond donors (Lipinski definition) is 0. The molecule has 0 aliphatic rings. The maximum absolute atomic E-state index is 8.20. The van der Waals surface area contributed by atoms with E-state index in [1.165, 1.54) is 16.3 Å². The van der Waals surface area contributed by atoms with Gasteiger partial charge in [-0.25, -0.2) is 0 Å². The van der Waals surface area contributed by atoms with Gasteiger partial charge in [0.2, 0.25) is 0 Å². The molecule has 5 nitrogen and oxygen atoms in total. The van der Waals surface area contributed by atoms with Crippen molar-refractivity contribution in [2.24, 2.45) is 0 Å². The number of aryl methyl sites for hydroxylation is 1. The Morgan fingerprint density at radius 3 is 2.09 bits per heavy atom. The molecule has 4 aromatic heterocycles. The first-order valence-electron chi connectivity index (χ1n) is 24.9. The first kappa shape index (κ1) is 42.0. The molecule has 0 fully saturated rings. The van der Waals surface area contributed by atoms with Crippen LogP contribution in [0, 0.1) is 19.0 Å². The third-order valence-electron chi connectivity index (χ3n) is 13.2. The molecule has 0 amide bonds. The summed E-state index contributed by atoms with van der Waals surface area (Å²) in [6.07, 6.45) is 1.87. The molecule has 0 spiro atoms. The molecule has 0 N–H and O–H groups in total. The van der Waals surface area contributed by atoms with Crippen molar-refractivity contribution in [1.29, 1.82) is 0 Å². The summed E-state index contributed by atoms with van der Waals surface area (Å²) in [5, 5.41) is 7.32. The Bertz CT molecular complexity index is 3940. The van der Waals surface area contributed by atoms with Crippen LogP contribution >= 0.6 is 0 Å². The second-order valence-corrected chi connectivity index (χ2v) is 19.4. The third kappa shape index (κ3) is 8.26. The number of hydrogen-bond acceptors (Lipinski definition) is 4. The van der Waals surface area contributed by atoms with Crippen molar-refractivity contribution in [3.05, 3.63) is 199 Å². The fourth-order valence-corrected chi connectivity index (χ4v) is 9.66. The SMILES string of the molecule is CC(C)(C)c1ccnc(-c2[c-]cccc2)c1.[2H]C([2H])([2H])c1cc2ccc3nc(-c4[c-]ccc5c4oc4cc6c(ccc7ccccc76)cc45)n(-c4c(C(C)C)cc(-c5ccccc5)cc4C(C)C)c3c2o1.[Ir]. The van der Waals surface area contributed by atoms with Gasteiger partial charge < -0.3 is 18.4 Å². The summed E-state index contributed by atoms with van der Waals surface area (Å²) in [6.45, 7) is 13.1. The Balaban J connectivity index is 0.000000300. The molecule has 12 aromatic rings. The number of furan rings is 2. The predicted molar refractivity (Wildman–Crippen MR) is 283 cm³/mol. The van der Waals surface area contributed by atoms with E-state index in [1.807, 2.05) is 54.7 Å². The van der Waals surface area contributed by atoms with Crippen LogP contribution in [0.2, 0.25) is 0 Å². The summed E-state index contributed by atoms with van der Waals surface area (Å²) in [6, 6.07) is 60.6. The van der Waals surface area contributed by atoms with Gasteiger partial charge in [0.15, 0.2) is 5.58 Å². The van der Waals surface area contributed by atoms with Crippen LogP contribution in [-0.2, 0) is 25.5 Å². The molecular weight excluding hydrogens is 1020 g/mol. The summed E-state index contributed by atoms with van der Waals surface area (Å²) in [5.41, 5.74) is 13.1. The Labute approximate surface area is 421 Å². The number of rotatable bonds is 6. The van der Waals surface area contributed by atoms with Crippen LogP contribution < -0.4 is 0 Å². The molecule has 0 bridgehead atoms. The Morgan fingerprint density at radius 1 is 0.609 bits per heavy atom. The maximum Gasteiger partial charge on any atom is 0.159 e. The fourth-order valence-electron chi connectivity index (χ4n) is 9.66. The molecule has 69 heavy (non-hydrogen) atoms. The van der Waals surface area contributed by atoms with Crippen LogP contribution in [0.5, 0.6) is 0 Å². The van der Waals surface area contributed by atoms with E-state index in [4.69, 9.17) is 17.9 Å². The number of imidazole rings is 1. The van der Waals surface area contributed by atoms with E-state index >= 15 is 0 Å². The standard InChI is InChI=1S/C48H37N2O2.C15H16N.Ir/c1-27(2)38-24-34(30-12-7-6-8-13-30)25-39(28(3)4)44(38)50-45-42(21-20-33-22-29(5)51-46(33)45)49-48(50)37-17-11-16-36-41-23-32-19-18-31-14-9-10-15-35(31)40(32)26-43(41)52-47(36)37;1-15(2,3)13-9-10-16-14(11-13)12-7-5-4-6-8-12;/h6-16,18-28H,1-5H3;4-7,9-11H,1-3H3;/q2*-1;/i5D3;;. The monoisotopic (exact) mass is 1080 g/mol. The zero-order chi connectivity index (χ0) is 49.3. The molecule has 343 valence electrons. The average molecular weight is 1080 g/mol. The van der Waals surface area contributed by atoms with Crippen molar-refractivity contribution in [1.82, 2.24) is 14.5 Å². The van der Waals surface area contributed by atoms with E-state index in [-0.39, 0.29) is 43.1 Å². The van der Waals surface area contributed by atoms with Crippen molar-refractivity contribution < 1.29 is 33.1 Å². The largest absolute Gasteiger partial charge is 0.501 e. The molecule has 0 saturated heterocycles. The van der Waals surface area contributed by atoms with E-state index in [0.29, 0.717) is 39.0 Å². The first-order chi connectivity index (χ1) is 34.1. The molecule has 0 aliphatic heterocycles. The molecule has 1 radical (unpaired) electrons. The molecule has 0 unspecified atom stereocenters. The van der Waals surface area contributed by atoms with Crippen LogP contribution in [0.25, 0.3) is 105 Å². The quantitative estimate of drug-likeness (QED) is 0.123. The van der Waals surface area contributed by atoms with Crippen molar-refractivity contribution in [3.63, 3.8) is 0 Å². The van der Waals surface area contributed by atoms with Gasteiger partial charge in [0.1, 0.15) is 16.9 Å². The minimum absolute atomic E-state index is 0. The first-order valence-corrected chi connectivity index (χ1v) is 23.4. The van der Waals surface area contributed by atoms with Gasteiger partial charge in [0.25, 0.3) is 0 Å². The second kappa shape index (κ2) is 18.1. The van der Waals surface area contributed by atoms with Gasteiger partial charge in [-0.1, -0.05) is 132 Å². The van der Waals surface area contributed by atoms with E-state index in [1.54, 1.807) is 6.07 Å². The van der Waals surface area contributed by atoms with Gasteiger partial charge in [-0.15, -0.1) is 54.1 Å². The number of aromatic nitrogens is 3. The van der Waals surface area contributed by atoms with Gasteiger partial charge in [0, 0.05) is 46.9 Å². The van der Waals surface area contributed by atoms with Crippen molar-refractivity contribution in [3.8, 4) is 39.5 Å². The predicted octanol–water partition coefficient (Wildman–Crippen LogP) is 17.5. The molecular formula is C63H53IrN3O2-2. The van der Waals surface area contributed by atoms with Crippen LogP contribution in [0.1, 0.15) is 86.9 Å². The van der Waals surface area contributed by atoms with Gasteiger partial charge in [-0.05, 0) is 128 Å².